The highest BCUT2D eigenvalue weighted by Gasteiger charge is 2.35. The van der Waals surface area contributed by atoms with Gasteiger partial charge in [0.05, 0.1) is 10.6 Å². The number of hydrogen-bond acceptors (Lipinski definition) is 3. The molecule has 2 nitrogen and oxygen atoms in total. The van der Waals surface area contributed by atoms with Crippen LogP contribution in [0.3, 0.4) is 0 Å². The summed E-state index contributed by atoms with van der Waals surface area (Å²) in [7, 11) is 0. The van der Waals surface area contributed by atoms with Crippen LogP contribution in [0, 0.1) is 0 Å². The minimum atomic E-state index is -0.0609. The van der Waals surface area contributed by atoms with Gasteiger partial charge in [-0.2, -0.15) is 0 Å². The van der Waals surface area contributed by atoms with E-state index in [0.717, 1.165) is 33.3 Å². The molecule has 0 unspecified atom stereocenters. The molecule has 7 aromatic carbocycles. The van der Waals surface area contributed by atoms with Crippen LogP contribution in [-0.2, 0) is 5.41 Å². The number of thiazole rings is 1. The average Bonchev–Trinajstić information content (AvgIpc) is 3.75. The monoisotopic (exact) mass is 618 g/mol. The lowest BCUT2D eigenvalue weighted by molar-refractivity contribution is 0.660. The van der Waals surface area contributed by atoms with Gasteiger partial charge < -0.3 is 4.90 Å². The van der Waals surface area contributed by atoms with Crippen LogP contribution in [-0.4, -0.2) is 4.98 Å². The zero-order valence-corrected chi connectivity index (χ0v) is 27.0. The Bertz CT molecular complexity index is 2540. The summed E-state index contributed by atoms with van der Waals surface area (Å²) in [6.07, 6.45) is 0. The minimum Gasteiger partial charge on any atom is -0.310 e. The molecule has 2 aliphatic rings. The highest BCUT2D eigenvalue weighted by molar-refractivity contribution is 7.19. The van der Waals surface area contributed by atoms with Crippen LogP contribution in [0.2, 0.25) is 0 Å². The summed E-state index contributed by atoms with van der Waals surface area (Å²) in [6.45, 7) is 4.69. The van der Waals surface area contributed by atoms with E-state index in [1.165, 1.54) is 59.8 Å². The molecule has 0 saturated heterocycles. The second-order valence-corrected chi connectivity index (χ2v) is 14.2. The predicted octanol–water partition coefficient (Wildman–Crippen LogP) is 12.5. The van der Waals surface area contributed by atoms with Crippen molar-refractivity contribution in [3.63, 3.8) is 0 Å². The van der Waals surface area contributed by atoms with E-state index < -0.39 is 0 Å². The van der Waals surface area contributed by atoms with Crippen molar-refractivity contribution in [2.24, 2.45) is 0 Å². The molecule has 10 rings (SSSR count). The van der Waals surface area contributed by atoms with E-state index in [9.17, 15) is 0 Å². The van der Waals surface area contributed by atoms with E-state index in [1.807, 2.05) is 0 Å². The topological polar surface area (TPSA) is 16.1 Å². The molecule has 2 aliphatic carbocycles. The van der Waals surface area contributed by atoms with Crippen molar-refractivity contribution in [1.29, 1.82) is 0 Å². The van der Waals surface area contributed by atoms with Gasteiger partial charge in [0.2, 0.25) is 0 Å². The van der Waals surface area contributed by atoms with Crippen molar-refractivity contribution in [3.8, 4) is 43.4 Å². The molecule has 0 N–H and O–H groups in total. The highest BCUT2D eigenvalue weighted by atomic mass is 32.1. The third-order valence-electron chi connectivity index (χ3n) is 10.2. The van der Waals surface area contributed by atoms with Gasteiger partial charge in [-0.15, -0.1) is 11.3 Å². The number of para-hydroxylation sites is 1. The van der Waals surface area contributed by atoms with E-state index in [1.54, 1.807) is 11.3 Å². The predicted molar refractivity (Wildman–Crippen MR) is 199 cm³/mol. The SMILES string of the molecule is CC1(C)c2ccccc2-c2ccc(N(c3ccccc3)c3ccc(-c4nc5c(s4)-c4cccc6c4c-5cc4ccccc46)cc3)cc21. The van der Waals surface area contributed by atoms with Crippen LogP contribution in [0.25, 0.3) is 64.9 Å². The summed E-state index contributed by atoms with van der Waals surface area (Å²) >= 11 is 1.80. The molecule has 0 fully saturated rings. The zero-order chi connectivity index (χ0) is 31.3. The van der Waals surface area contributed by atoms with Crippen LogP contribution in [0.4, 0.5) is 17.1 Å². The smallest absolute Gasteiger partial charge is 0.124 e. The molecule has 222 valence electrons. The number of rotatable bonds is 4. The van der Waals surface area contributed by atoms with Gasteiger partial charge >= 0.3 is 0 Å². The molecule has 0 atom stereocenters. The fourth-order valence-corrected chi connectivity index (χ4v) is 9.07. The van der Waals surface area contributed by atoms with Crippen LogP contribution in [0.15, 0.2) is 146 Å². The second-order valence-electron chi connectivity index (χ2n) is 13.2. The Kier molecular flexibility index (Phi) is 5.53. The van der Waals surface area contributed by atoms with Gasteiger partial charge in [0.25, 0.3) is 0 Å². The largest absolute Gasteiger partial charge is 0.310 e. The molecule has 1 aromatic heterocycles. The van der Waals surface area contributed by atoms with Crippen molar-refractivity contribution in [3.05, 3.63) is 157 Å². The van der Waals surface area contributed by atoms with Crippen molar-refractivity contribution < 1.29 is 0 Å². The zero-order valence-electron chi connectivity index (χ0n) is 26.2. The molecule has 0 radical (unpaired) electrons. The first-order valence-corrected chi connectivity index (χ1v) is 17.0. The first kappa shape index (κ1) is 26.7. The van der Waals surface area contributed by atoms with Gasteiger partial charge in [-0.05, 0) is 93.0 Å². The molecule has 0 saturated carbocycles. The third kappa shape index (κ3) is 3.81. The maximum Gasteiger partial charge on any atom is 0.124 e. The van der Waals surface area contributed by atoms with Gasteiger partial charge in [0.15, 0.2) is 0 Å². The third-order valence-corrected chi connectivity index (χ3v) is 11.4. The van der Waals surface area contributed by atoms with Gasteiger partial charge in [-0.25, -0.2) is 4.98 Å². The van der Waals surface area contributed by atoms with Crippen molar-refractivity contribution in [2.75, 3.05) is 4.90 Å². The number of aromatic nitrogens is 1. The lowest BCUT2D eigenvalue weighted by Gasteiger charge is -2.28. The molecular weight excluding hydrogens is 589 g/mol. The Morgan fingerprint density at radius 2 is 1.21 bits per heavy atom. The summed E-state index contributed by atoms with van der Waals surface area (Å²) < 4.78 is 0. The van der Waals surface area contributed by atoms with E-state index in [2.05, 4.69) is 164 Å². The molecule has 0 spiro atoms. The number of benzene rings is 7. The van der Waals surface area contributed by atoms with Crippen LogP contribution < -0.4 is 4.90 Å². The standard InChI is InChI=1S/C44H30N2S/c1-44(2)38-18-9-8-15-33(38)34-24-23-31(26-39(34)44)46(29-12-4-3-5-13-29)30-21-19-27(20-22-30)43-45-41-37-25-28-11-6-7-14-32(28)35-16-10-17-36(40(35)37)42(41)47-43/h3-26H,1-2H3. The molecule has 8 aromatic rings. The molecule has 0 aliphatic heterocycles. The van der Waals surface area contributed by atoms with Gasteiger partial charge in [0, 0.05) is 44.6 Å². The molecule has 0 bridgehead atoms. The highest BCUT2D eigenvalue weighted by Crippen LogP contribution is 2.53. The van der Waals surface area contributed by atoms with Crippen molar-refractivity contribution in [1.82, 2.24) is 4.98 Å². The van der Waals surface area contributed by atoms with Gasteiger partial charge in [-0.3, -0.25) is 0 Å². The first-order valence-electron chi connectivity index (χ1n) is 16.2. The molecule has 47 heavy (non-hydrogen) atoms. The summed E-state index contributed by atoms with van der Waals surface area (Å²) in [5, 5.41) is 6.27. The molecule has 1 heterocycles. The number of fused-ring (bicyclic) bond motifs is 8. The fraction of sp³-hybridized carbons (Fsp3) is 0.0682. The second kappa shape index (κ2) is 9.75. The van der Waals surface area contributed by atoms with E-state index in [4.69, 9.17) is 4.98 Å². The van der Waals surface area contributed by atoms with Crippen LogP contribution >= 0.6 is 11.3 Å². The molecule has 3 heteroatoms. The molecule has 0 amide bonds. The lowest BCUT2D eigenvalue weighted by Crippen LogP contribution is -2.16. The summed E-state index contributed by atoms with van der Waals surface area (Å²) in [6, 6.07) is 53.1. The Morgan fingerprint density at radius 3 is 2.09 bits per heavy atom. The Hall–Kier alpha value is -5.51. The number of anilines is 3. The molecular formula is C44H30N2S. The summed E-state index contributed by atoms with van der Waals surface area (Å²) in [5.74, 6) is 0. The van der Waals surface area contributed by atoms with Gasteiger partial charge in [-0.1, -0.05) is 105 Å². The Morgan fingerprint density at radius 1 is 0.532 bits per heavy atom. The van der Waals surface area contributed by atoms with E-state index >= 15 is 0 Å². The van der Waals surface area contributed by atoms with Crippen molar-refractivity contribution in [2.45, 2.75) is 19.3 Å². The van der Waals surface area contributed by atoms with Gasteiger partial charge in [0.1, 0.15) is 5.01 Å². The normalized spacial score (nSPS) is 13.5. The summed E-state index contributed by atoms with van der Waals surface area (Å²) in [4.78, 5) is 8.92. The van der Waals surface area contributed by atoms with E-state index in [-0.39, 0.29) is 5.41 Å². The fourth-order valence-electron chi connectivity index (χ4n) is 7.96. The maximum absolute atomic E-state index is 5.28. The minimum absolute atomic E-state index is 0.0609. The number of hydrogen-bond donors (Lipinski definition) is 0. The number of nitrogens with zero attached hydrogens (tertiary/aromatic N) is 2. The maximum atomic E-state index is 5.28. The summed E-state index contributed by atoms with van der Waals surface area (Å²) in [5.41, 5.74) is 13.6. The van der Waals surface area contributed by atoms with Crippen LogP contribution in [0.5, 0.6) is 0 Å². The first-order chi connectivity index (χ1) is 23.1. The Balaban J connectivity index is 1.05. The lowest BCUT2D eigenvalue weighted by atomic mass is 9.82. The van der Waals surface area contributed by atoms with Crippen molar-refractivity contribution >= 4 is 49.9 Å². The quantitative estimate of drug-likeness (QED) is 0.182. The van der Waals surface area contributed by atoms with E-state index in [0.29, 0.717) is 0 Å². The average molecular weight is 619 g/mol. The van der Waals surface area contributed by atoms with Crippen LogP contribution in [0.1, 0.15) is 25.0 Å². The Labute approximate surface area is 278 Å².